The first-order valence-electron chi connectivity index (χ1n) is 9.37. The molecule has 3 aromatic carbocycles. The highest BCUT2D eigenvalue weighted by Crippen LogP contribution is 2.33. The van der Waals surface area contributed by atoms with Crippen LogP contribution in [-0.4, -0.2) is 34.0 Å². The second-order valence-electron chi connectivity index (χ2n) is 6.64. The van der Waals surface area contributed by atoms with Gasteiger partial charge in [0, 0.05) is 11.1 Å². The SMILES string of the molecule is COc1ccc(-c2nnc3sc(-c4ccc(-c5ccccc5)cc4)nn23)cc1OC. The third-order valence-corrected chi connectivity index (χ3v) is 5.82. The zero-order chi connectivity index (χ0) is 20.5. The summed E-state index contributed by atoms with van der Waals surface area (Å²) in [6, 6.07) is 24.4. The summed E-state index contributed by atoms with van der Waals surface area (Å²) in [5.41, 5.74) is 4.27. The molecule has 0 saturated carbocycles. The van der Waals surface area contributed by atoms with Crippen molar-refractivity contribution < 1.29 is 9.47 Å². The van der Waals surface area contributed by atoms with E-state index in [0.717, 1.165) is 21.1 Å². The van der Waals surface area contributed by atoms with Gasteiger partial charge in [-0.1, -0.05) is 65.9 Å². The van der Waals surface area contributed by atoms with Crippen molar-refractivity contribution in [3.63, 3.8) is 0 Å². The Labute approximate surface area is 177 Å². The van der Waals surface area contributed by atoms with Gasteiger partial charge in [-0.15, -0.1) is 10.2 Å². The van der Waals surface area contributed by atoms with E-state index in [-0.39, 0.29) is 0 Å². The lowest BCUT2D eigenvalue weighted by molar-refractivity contribution is 0.355. The second kappa shape index (κ2) is 7.61. The van der Waals surface area contributed by atoms with Crippen LogP contribution < -0.4 is 9.47 Å². The molecule has 2 aromatic heterocycles. The smallest absolute Gasteiger partial charge is 0.235 e. The number of fused-ring (bicyclic) bond motifs is 1. The Bertz CT molecular complexity index is 1310. The minimum Gasteiger partial charge on any atom is -0.493 e. The predicted molar refractivity (Wildman–Crippen MR) is 118 cm³/mol. The number of ether oxygens (including phenoxy) is 2. The lowest BCUT2D eigenvalue weighted by Gasteiger charge is -2.08. The number of methoxy groups -OCH3 is 2. The summed E-state index contributed by atoms with van der Waals surface area (Å²) < 4.78 is 12.5. The Kier molecular flexibility index (Phi) is 4.65. The molecule has 0 fully saturated rings. The van der Waals surface area contributed by atoms with Crippen molar-refractivity contribution in [2.45, 2.75) is 0 Å². The maximum absolute atomic E-state index is 5.41. The summed E-state index contributed by atoms with van der Waals surface area (Å²) >= 11 is 1.51. The Balaban J connectivity index is 1.50. The van der Waals surface area contributed by atoms with E-state index in [1.165, 1.54) is 22.5 Å². The van der Waals surface area contributed by atoms with Crippen molar-refractivity contribution >= 4 is 16.3 Å². The molecule has 7 heteroatoms. The van der Waals surface area contributed by atoms with Gasteiger partial charge in [-0.25, -0.2) is 0 Å². The van der Waals surface area contributed by atoms with Crippen molar-refractivity contribution in [1.29, 1.82) is 0 Å². The van der Waals surface area contributed by atoms with E-state index in [1.54, 1.807) is 18.7 Å². The fraction of sp³-hybridized carbons (Fsp3) is 0.0870. The normalized spacial score (nSPS) is 11.0. The molecule has 30 heavy (non-hydrogen) atoms. The summed E-state index contributed by atoms with van der Waals surface area (Å²) in [6.07, 6.45) is 0. The molecule has 5 aromatic rings. The molecule has 0 amide bonds. The van der Waals surface area contributed by atoms with E-state index >= 15 is 0 Å². The molecule has 0 spiro atoms. The molecule has 148 valence electrons. The lowest BCUT2D eigenvalue weighted by atomic mass is 10.0. The molecule has 0 unspecified atom stereocenters. The molecule has 0 bridgehead atoms. The quantitative estimate of drug-likeness (QED) is 0.395. The van der Waals surface area contributed by atoms with E-state index in [2.05, 4.69) is 46.6 Å². The Hall–Kier alpha value is -3.71. The number of benzene rings is 3. The van der Waals surface area contributed by atoms with Crippen LogP contribution in [0.1, 0.15) is 0 Å². The number of rotatable bonds is 5. The van der Waals surface area contributed by atoms with E-state index < -0.39 is 0 Å². The molecule has 0 radical (unpaired) electrons. The summed E-state index contributed by atoms with van der Waals surface area (Å²) in [6.45, 7) is 0. The van der Waals surface area contributed by atoms with Crippen molar-refractivity contribution in [3.8, 4) is 44.6 Å². The van der Waals surface area contributed by atoms with E-state index in [4.69, 9.17) is 14.6 Å². The minimum atomic E-state index is 0.638. The summed E-state index contributed by atoms with van der Waals surface area (Å²) in [5.74, 6) is 1.97. The summed E-state index contributed by atoms with van der Waals surface area (Å²) in [5, 5.41) is 14.3. The molecule has 0 aliphatic rings. The first-order chi connectivity index (χ1) is 14.8. The van der Waals surface area contributed by atoms with Gasteiger partial charge in [-0.05, 0) is 29.3 Å². The standard InChI is InChI=1S/C23H18N4O2S/c1-28-19-13-12-18(14-20(19)29-2)21-24-25-23-27(21)26-22(30-23)17-10-8-16(9-11-17)15-6-4-3-5-7-15/h3-14H,1-2H3. The first-order valence-corrected chi connectivity index (χ1v) is 10.2. The van der Waals surface area contributed by atoms with Crippen LogP contribution in [0, 0.1) is 0 Å². The average molecular weight is 414 g/mol. The number of aromatic nitrogens is 4. The van der Waals surface area contributed by atoms with Crippen LogP contribution in [0.3, 0.4) is 0 Å². The summed E-state index contributed by atoms with van der Waals surface area (Å²) in [4.78, 5) is 0.738. The highest BCUT2D eigenvalue weighted by atomic mass is 32.1. The first kappa shape index (κ1) is 18.3. The number of hydrogen-bond acceptors (Lipinski definition) is 6. The third kappa shape index (κ3) is 3.19. The molecular weight excluding hydrogens is 396 g/mol. The largest absolute Gasteiger partial charge is 0.493 e. The van der Waals surface area contributed by atoms with Crippen LogP contribution in [-0.2, 0) is 0 Å². The minimum absolute atomic E-state index is 0.638. The molecular formula is C23H18N4O2S. The van der Waals surface area contributed by atoms with E-state index in [1.807, 2.05) is 36.4 Å². The maximum atomic E-state index is 5.41. The van der Waals surface area contributed by atoms with Gasteiger partial charge in [-0.3, -0.25) is 0 Å². The lowest BCUT2D eigenvalue weighted by Crippen LogP contribution is -1.94. The maximum Gasteiger partial charge on any atom is 0.235 e. The van der Waals surface area contributed by atoms with Crippen LogP contribution in [0.4, 0.5) is 0 Å². The molecule has 0 aliphatic carbocycles. The fourth-order valence-corrected chi connectivity index (χ4v) is 4.17. The monoisotopic (exact) mass is 414 g/mol. The van der Waals surface area contributed by atoms with Crippen LogP contribution in [0.5, 0.6) is 11.5 Å². The summed E-state index contributed by atoms with van der Waals surface area (Å²) in [7, 11) is 3.23. The highest BCUT2D eigenvalue weighted by molar-refractivity contribution is 7.19. The van der Waals surface area contributed by atoms with Gasteiger partial charge in [0.2, 0.25) is 4.96 Å². The fourth-order valence-electron chi connectivity index (χ4n) is 3.32. The Morgan fingerprint density at radius 1 is 0.700 bits per heavy atom. The van der Waals surface area contributed by atoms with Crippen LogP contribution >= 0.6 is 11.3 Å². The van der Waals surface area contributed by atoms with E-state index in [9.17, 15) is 0 Å². The van der Waals surface area contributed by atoms with Gasteiger partial charge in [0.05, 0.1) is 14.2 Å². The third-order valence-electron chi connectivity index (χ3n) is 4.87. The van der Waals surface area contributed by atoms with Crippen LogP contribution in [0.2, 0.25) is 0 Å². The van der Waals surface area contributed by atoms with E-state index in [0.29, 0.717) is 17.3 Å². The number of nitrogens with zero attached hydrogens (tertiary/aromatic N) is 4. The zero-order valence-corrected chi connectivity index (χ0v) is 17.3. The van der Waals surface area contributed by atoms with Crippen molar-refractivity contribution in [2.75, 3.05) is 14.2 Å². The van der Waals surface area contributed by atoms with Gasteiger partial charge >= 0.3 is 0 Å². The van der Waals surface area contributed by atoms with Gasteiger partial charge < -0.3 is 9.47 Å². The molecule has 2 heterocycles. The Morgan fingerprint density at radius 2 is 1.37 bits per heavy atom. The topological polar surface area (TPSA) is 61.5 Å². The van der Waals surface area contributed by atoms with Gasteiger partial charge in [0.1, 0.15) is 5.01 Å². The molecule has 6 nitrogen and oxygen atoms in total. The van der Waals surface area contributed by atoms with Crippen molar-refractivity contribution in [2.24, 2.45) is 0 Å². The van der Waals surface area contributed by atoms with Crippen molar-refractivity contribution in [3.05, 3.63) is 72.8 Å². The highest BCUT2D eigenvalue weighted by Gasteiger charge is 2.16. The van der Waals surface area contributed by atoms with Gasteiger partial charge in [-0.2, -0.15) is 9.61 Å². The molecule has 5 rings (SSSR count). The predicted octanol–water partition coefficient (Wildman–Crippen LogP) is 5.20. The van der Waals surface area contributed by atoms with Crippen molar-refractivity contribution in [1.82, 2.24) is 19.8 Å². The van der Waals surface area contributed by atoms with Crippen LogP contribution in [0.15, 0.2) is 72.8 Å². The van der Waals surface area contributed by atoms with Crippen LogP contribution in [0.25, 0.3) is 38.0 Å². The zero-order valence-electron chi connectivity index (χ0n) is 16.4. The Morgan fingerprint density at radius 3 is 2.10 bits per heavy atom. The van der Waals surface area contributed by atoms with Gasteiger partial charge in [0.15, 0.2) is 17.3 Å². The molecule has 0 atom stereocenters. The van der Waals surface area contributed by atoms with Gasteiger partial charge in [0.25, 0.3) is 0 Å². The molecule has 0 saturated heterocycles. The number of hydrogen-bond donors (Lipinski definition) is 0. The second-order valence-corrected chi connectivity index (χ2v) is 7.59. The molecule has 0 aliphatic heterocycles. The molecule has 0 N–H and O–H groups in total. The average Bonchev–Trinajstić information content (AvgIpc) is 3.40.